The van der Waals surface area contributed by atoms with Gasteiger partial charge in [-0.1, -0.05) is 12.1 Å². The molecule has 0 bridgehead atoms. The topological polar surface area (TPSA) is 65.8 Å². The van der Waals surface area contributed by atoms with E-state index in [1.54, 1.807) is 17.5 Å². The van der Waals surface area contributed by atoms with Gasteiger partial charge in [0.1, 0.15) is 13.2 Å². The molecule has 6 rings (SSSR count). The first-order chi connectivity index (χ1) is 19.1. The summed E-state index contributed by atoms with van der Waals surface area (Å²) >= 11 is 1.75. The minimum absolute atomic E-state index is 0.00999. The number of fused-ring (bicyclic) bond motifs is 1. The third-order valence-electron chi connectivity index (χ3n) is 7.19. The molecule has 0 aliphatic carbocycles. The molecule has 1 saturated heterocycles. The fourth-order valence-electron chi connectivity index (χ4n) is 5.18. The number of aryl methyl sites for hydroxylation is 1. The van der Waals surface area contributed by atoms with E-state index < -0.39 is 0 Å². The maximum atomic E-state index is 13.7. The van der Waals surface area contributed by atoms with Crippen LogP contribution in [0.3, 0.4) is 0 Å². The second kappa shape index (κ2) is 11.6. The van der Waals surface area contributed by atoms with Crippen LogP contribution in [0.5, 0.6) is 11.5 Å². The van der Waals surface area contributed by atoms with Crippen molar-refractivity contribution in [3.8, 4) is 21.9 Å². The Hall–Kier alpha value is -3.62. The molecule has 2 aliphatic heterocycles. The van der Waals surface area contributed by atoms with Crippen molar-refractivity contribution in [3.63, 3.8) is 0 Å². The maximum Gasteiger partial charge on any atom is 0.254 e. The molecule has 0 spiro atoms. The number of nitrogens with zero attached hydrogens (tertiary/aromatic N) is 3. The molecule has 0 saturated carbocycles. The van der Waals surface area contributed by atoms with Crippen molar-refractivity contribution in [1.29, 1.82) is 0 Å². The summed E-state index contributed by atoms with van der Waals surface area (Å²) in [7, 11) is 0. The molecule has 4 aromatic rings. The maximum absolute atomic E-state index is 13.7. The minimum Gasteiger partial charge on any atom is -0.487 e. The molecule has 7 nitrogen and oxygen atoms in total. The smallest absolute Gasteiger partial charge is 0.254 e. The van der Waals surface area contributed by atoms with Crippen molar-refractivity contribution < 1.29 is 19.0 Å². The van der Waals surface area contributed by atoms with Gasteiger partial charge in [-0.3, -0.25) is 9.48 Å². The van der Waals surface area contributed by atoms with Crippen LogP contribution in [-0.4, -0.2) is 53.1 Å². The normalized spacial score (nSPS) is 17.3. The summed E-state index contributed by atoms with van der Waals surface area (Å²) in [4.78, 5) is 18.0. The molecule has 4 heterocycles. The average molecular weight is 544 g/mol. The van der Waals surface area contributed by atoms with E-state index in [9.17, 15) is 4.79 Å². The second-order valence-corrected chi connectivity index (χ2v) is 11.4. The zero-order chi connectivity index (χ0) is 26.6. The van der Waals surface area contributed by atoms with E-state index in [1.165, 1.54) is 9.75 Å². The van der Waals surface area contributed by atoms with Gasteiger partial charge in [-0.15, -0.1) is 11.3 Å². The lowest BCUT2D eigenvalue weighted by molar-refractivity contribution is -0.0115. The Balaban J connectivity index is 1.27. The van der Waals surface area contributed by atoms with Gasteiger partial charge in [0.2, 0.25) is 0 Å². The number of ether oxygens (including phenoxy) is 3. The molecule has 2 aromatic carbocycles. The van der Waals surface area contributed by atoms with E-state index in [1.807, 2.05) is 46.1 Å². The number of thiophene rings is 1. The molecule has 1 atom stereocenters. The Kier molecular flexibility index (Phi) is 7.65. The molecule has 1 amide bonds. The summed E-state index contributed by atoms with van der Waals surface area (Å²) in [5.41, 5.74) is 3.73. The summed E-state index contributed by atoms with van der Waals surface area (Å²) in [6, 6.07) is 18.2. The van der Waals surface area contributed by atoms with Gasteiger partial charge >= 0.3 is 0 Å². The van der Waals surface area contributed by atoms with Gasteiger partial charge < -0.3 is 19.1 Å². The lowest BCUT2D eigenvalue weighted by Gasteiger charge is -2.24. The average Bonchev–Trinajstić information content (AvgIpc) is 3.58. The number of aromatic nitrogens is 2. The number of rotatable bonds is 7. The first-order valence-corrected chi connectivity index (χ1v) is 14.4. The highest BCUT2D eigenvalue weighted by molar-refractivity contribution is 7.15. The third kappa shape index (κ3) is 6.02. The van der Waals surface area contributed by atoms with Gasteiger partial charge in [0, 0.05) is 46.4 Å². The molecule has 1 unspecified atom stereocenters. The predicted octanol–water partition coefficient (Wildman–Crippen LogP) is 5.95. The van der Waals surface area contributed by atoms with Crippen LogP contribution >= 0.6 is 11.3 Å². The van der Waals surface area contributed by atoms with Crippen molar-refractivity contribution in [2.45, 2.75) is 45.4 Å². The number of carbonyl (C=O) groups excluding carboxylic acids is 1. The van der Waals surface area contributed by atoms with Crippen LogP contribution in [0, 0.1) is 6.92 Å². The molecule has 39 heavy (non-hydrogen) atoms. The van der Waals surface area contributed by atoms with E-state index >= 15 is 0 Å². The summed E-state index contributed by atoms with van der Waals surface area (Å²) in [5.74, 6) is 1.44. The van der Waals surface area contributed by atoms with Crippen LogP contribution in [0.4, 0.5) is 0 Å². The highest BCUT2D eigenvalue weighted by atomic mass is 32.1. The zero-order valence-electron chi connectivity index (χ0n) is 22.2. The van der Waals surface area contributed by atoms with Crippen molar-refractivity contribution in [1.82, 2.24) is 14.7 Å². The van der Waals surface area contributed by atoms with Crippen molar-refractivity contribution in [3.05, 3.63) is 88.6 Å². The predicted molar refractivity (Wildman–Crippen MR) is 152 cm³/mol. The number of hydrogen-bond acceptors (Lipinski definition) is 6. The monoisotopic (exact) mass is 543 g/mol. The van der Waals surface area contributed by atoms with Crippen LogP contribution in [0.1, 0.15) is 45.6 Å². The molecule has 8 heteroatoms. The Morgan fingerprint density at radius 1 is 1.13 bits per heavy atom. The zero-order valence-corrected chi connectivity index (χ0v) is 23.0. The summed E-state index contributed by atoms with van der Waals surface area (Å²) in [5, 5.41) is 4.29. The third-order valence-corrected chi connectivity index (χ3v) is 8.24. The van der Waals surface area contributed by atoms with E-state index in [0.717, 1.165) is 54.1 Å². The molecule has 1 fully saturated rings. The van der Waals surface area contributed by atoms with Crippen LogP contribution in [-0.2, 0) is 17.8 Å². The van der Waals surface area contributed by atoms with Crippen molar-refractivity contribution in [2.24, 2.45) is 0 Å². The molecule has 202 valence electrons. The fourth-order valence-corrected chi connectivity index (χ4v) is 6.04. The molecule has 0 N–H and O–H groups in total. The van der Waals surface area contributed by atoms with Crippen LogP contribution in [0.25, 0.3) is 10.4 Å². The van der Waals surface area contributed by atoms with Gasteiger partial charge in [0.05, 0.1) is 19.2 Å². The largest absolute Gasteiger partial charge is 0.487 e. The van der Waals surface area contributed by atoms with E-state index in [0.29, 0.717) is 38.4 Å². The quantitative estimate of drug-likeness (QED) is 0.288. The van der Waals surface area contributed by atoms with Gasteiger partial charge in [-0.2, -0.15) is 5.10 Å². The lowest BCUT2D eigenvalue weighted by atomic mass is 10.1. The van der Waals surface area contributed by atoms with E-state index in [4.69, 9.17) is 14.2 Å². The molecular formula is C31H33N3O4S. The highest BCUT2D eigenvalue weighted by Gasteiger charge is 2.26. The SMILES string of the molecule is Cc1ccc(-c2cc3c(c(OCC4CCCCO4)c2)OCCN(C(=O)c2cccc(Cn4cccn4)c2)C3)s1. The van der Waals surface area contributed by atoms with Crippen LogP contribution < -0.4 is 9.47 Å². The first kappa shape index (κ1) is 25.6. The van der Waals surface area contributed by atoms with Crippen molar-refractivity contribution in [2.75, 3.05) is 26.4 Å². The van der Waals surface area contributed by atoms with Crippen molar-refractivity contribution >= 4 is 17.2 Å². The van der Waals surface area contributed by atoms with E-state index in [2.05, 4.69) is 36.3 Å². The van der Waals surface area contributed by atoms with E-state index in [-0.39, 0.29) is 12.0 Å². The van der Waals surface area contributed by atoms with Gasteiger partial charge in [0.25, 0.3) is 5.91 Å². The number of hydrogen-bond donors (Lipinski definition) is 0. The Bertz CT molecular complexity index is 1430. The van der Waals surface area contributed by atoms with Gasteiger partial charge in [-0.25, -0.2) is 0 Å². The number of benzene rings is 2. The van der Waals surface area contributed by atoms with Gasteiger partial charge in [-0.05, 0) is 79.8 Å². The van der Waals surface area contributed by atoms with Crippen LogP contribution in [0.15, 0.2) is 67.0 Å². The minimum atomic E-state index is -0.00999. The molecule has 0 radical (unpaired) electrons. The number of carbonyl (C=O) groups is 1. The van der Waals surface area contributed by atoms with Crippen LogP contribution in [0.2, 0.25) is 0 Å². The lowest BCUT2D eigenvalue weighted by Crippen LogP contribution is -2.32. The van der Waals surface area contributed by atoms with Gasteiger partial charge in [0.15, 0.2) is 11.5 Å². The molecule has 2 aliphatic rings. The first-order valence-electron chi connectivity index (χ1n) is 13.6. The molecular weight excluding hydrogens is 510 g/mol. The summed E-state index contributed by atoms with van der Waals surface area (Å²) in [6.07, 6.45) is 7.06. The summed E-state index contributed by atoms with van der Waals surface area (Å²) < 4.78 is 20.4. The Labute approximate surface area is 232 Å². The Morgan fingerprint density at radius 3 is 2.87 bits per heavy atom. The summed E-state index contributed by atoms with van der Waals surface area (Å²) in [6.45, 7) is 5.36. The standard InChI is InChI=1S/C31H33N3O4S/c1-22-9-10-29(39-22)25-17-26-20-33(31(35)24-7-4-6-23(16-24)19-34-12-5-11-32-34)13-15-37-30(26)28(18-25)38-21-27-8-2-3-14-36-27/h4-7,9-12,16-18,27H,2-3,8,13-15,19-21H2,1H3. The fraction of sp³-hybridized carbons (Fsp3) is 0.355. The Morgan fingerprint density at radius 2 is 2.08 bits per heavy atom. The highest BCUT2D eigenvalue weighted by Crippen LogP contribution is 2.40. The second-order valence-electron chi connectivity index (χ2n) is 10.2. The number of amides is 1. The molecule has 2 aromatic heterocycles.